The van der Waals surface area contributed by atoms with E-state index in [0.717, 1.165) is 12.1 Å². The molecule has 2 heterocycles. The summed E-state index contributed by atoms with van der Waals surface area (Å²) in [5.74, 6) is 0.0804. The minimum atomic E-state index is -1.71. The number of aliphatic hydroxyl groups is 7. The average molecular weight is 463 g/mol. The number of aliphatic hydroxyl groups excluding tert-OH is 7. The first-order valence-electron chi connectivity index (χ1n) is 9.67. The zero-order valence-corrected chi connectivity index (χ0v) is 16.5. The Hall–Kier alpha value is -1.98. The molecular weight excluding hydrogens is 438 g/mol. The van der Waals surface area contributed by atoms with Crippen molar-refractivity contribution in [1.82, 2.24) is 0 Å². The van der Waals surface area contributed by atoms with Crippen LogP contribution in [-0.4, -0.2) is 115 Å². The number of nitrogens with zero attached hydrogens (tertiary/aromatic N) is 1. The van der Waals surface area contributed by atoms with Crippen molar-refractivity contribution < 1.29 is 59.6 Å². The molecule has 180 valence electrons. The van der Waals surface area contributed by atoms with Gasteiger partial charge in [0.25, 0.3) is 5.69 Å². The van der Waals surface area contributed by atoms with Crippen molar-refractivity contribution in [2.45, 2.75) is 61.4 Å². The highest BCUT2D eigenvalue weighted by Gasteiger charge is 2.47. The van der Waals surface area contributed by atoms with Crippen molar-refractivity contribution >= 4 is 5.69 Å². The van der Waals surface area contributed by atoms with E-state index in [1.807, 2.05) is 0 Å². The third-order valence-electron chi connectivity index (χ3n) is 5.24. The van der Waals surface area contributed by atoms with Crippen LogP contribution in [0.2, 0.25) is 0 Å². The fourth-order valence-corrected chi connectivity index (χ4v) is 3.33. The highest BCUT2D eigenvalue weighted by atomic mass is 16.7. The summed E-state index contributed by atoms with van der Waals surface area (Å²) in [6, 6.07) is 4.83. The molecule has 0 aromatic heterocycles. The van der Waals surface area contributed by atoms with Crippen LogP contribution in [0.15, 0.2) is 24.3 Å². The Morgan fingerprint density at radius 2 is 1.34 bits per heavy atom. The Labute approximate surface area is 180 Å². The molecule has 0 aliphatic carbocycles. The monoisotopic (exact) mass is 463 g/mol. The van der Waals surface area contributed by atoms with Crippen LogP contribution in [0.4, 0.5) is 5.69 Å². The molecule has 1 aromatic rings. The molecule has 14 nitrogen and oxygen atoms in total. The average Bonchev–Trinajstić information content (AvgIpc) is 2.78. The summed E-state index contributed by atoms with van der Waals surface area (Å²) in [6.07, 6.45) is -15.4. The van der Waals surface area contributed by atoms with Crippen molar-refractivity contribution in [3.05, 3.63) is 34.4 Å². The summed E-state index contributed by atoms with van der Waals surface area (Å²) in [5, 5.41) is 80.1. The predicted octanol–water partition coefficient (Wildman–Crippen LogP) is -3.40. The Morgan fingerprint density at radius 3 is 1.91 bits per heavy atom. The number of hydrogen-bond acceptors (Lipinski definition) is 13. The second kappa shape index (κ2) is 10.3. The van der Waals surface area contributed by atoms with Crippen molar-refractivity contribution in [2.24, 2.45) is 0 Å². The van der Waals surface area contributed by atoms with E-state index in [9.17, 15) is 45.9 Å². The van der Waals surface area contributed by atoms with Crippen LogP contribution in [0.5, 0.6) is 5.75 Å². The molecule has 0 amide bonds. The number of nitro groups is 1. The summed E-state index contributed by atoms with van der Waals surface area (Å²) in [7, 11) is 0. The van der Waals surface area contributed by atoms with E-state index in [-0.39, 0.29) is 11.4 Å². The van der Waals surface area contributed by atoms with Crippen molar-refractivity contribution in [2.75, 3.05) is 13.2 Å². The third kappa shape index (κ3) is 5.15. The number of nitro benzene ring substituents is 1. The predicted molar refractivity (Wildman–Crippen MR) is 100 cm³/mol. The first-order valence-corrected chi connectivity index (χ1v) is 9.67. The van der Waals surface area contributed by atoms with Crippen molar-refractivity contribution in [1.29, 1.82) is 0 Å². The zero-order chi connectivity index (χ0) is 23.6. The fraction of sp³-hybridized carbons (Fsp3) is 0.667. The molecule has 7 N–H and O–H groups in total. The van der Waals surface area contributed by atoms with Crippen LogP contribution in [-0.2, 0) is 14.2 Å². The minimum absolute atomic E-state index is 0.0804. The lowest BCUT2D eigenvalue weighted by atomic mass is 9.98. The highest BCUT2D eigenvalue weighted by molar-refractivity contribution is 5.36. The maximum Gasteiger partial charge on any atom is 0.269 e. The molecule has 2 aliphatic heterocycles. The molecule has 2 aliphatic rings. The van der Waals surface area contributed by atoms with Crippen molar-refractivity contribution in [3.63, 3.8) is 0 Å². The van der Waals surface area contributed by atoms with E-state index < -0.39 is 79.5 Å². The molecule has 0 saturated carbocycles. The van der Waals surface area contributed by atoms with Gasteiger partial charge in [-0.05, 0) is 12.1 Å². The molecular formula is C18H25NO13. The molecule has 10 atom stereocenters. The van der Waals surface area contributed by atoms with Gasteiger partial charge in [0.05, 0.1) is 18.1 Å². The van der Waals surface area contributed by atoms with Crippen LogP contribution in [0.3, 0.4) is 0 Å². The van der Waals surface area contributed by atoms with Gasteiger partial charge in [-0.1, -0.05) is 0 Å². The van der Waals surface area contributed by atoms with Crippen LogP contribution in [0, 0.1) is 10.1 Å². The molecule has 1 aromatic carbocycles. The summed E-state index contributed by atoms with van der Waals surface area (Å²) in [6.45, 7) is -1.17. The normalized spacial score (nSPS) is 40.1. The van der Waals surface area contributed by atoms with E-state index in [1.165, 1.54) is 12.1 Å². The van der Waals surface area contributed by atoms with Gasteiger partial charge in [0.15, 0.2) is 6.29 Å². The molecule has 14 heteroatoms. The quantitative estimate of drug-likeness (QED) is 0.155. The summed E-state index contributed by atoms with van der Waals surface area (Å²) >= 11 is 0. The lowest BCUT2D eigenvalue weighted by Gasteiger charge is -2.42. The maximum absolute atomic E-state index is 10.7. The number of benzene rings is 1. The number of rotatable bonds is 7. The van der Waals surface area contributed by atoms with Gasteiger partial charge in [0.2, 0.25) is 6.29 Å². The number of ether oxygens (including phenoxy) is 4. The lowest BCUT2D eigenvalue weighted by molar-refractivity contribution is -0.384. The standard InChI is InChI=1S/C18H25NO13/c20-5-9-11(21)13(23)15(25)17(31-9)29-6-10-12(22)14(24)16(26)18(32-10)30-8-3-1-7(2-4-8)19(27)28/h1-4,9-18,20-26H,5-6H2/t9-,10-,11-,12-,13+,14+,15-,16-,17-,18-/m1/s1. The first-order chi connectivity index (χ1) is 15.1. The van der Waals surface area contributed by atoms with Gasteiger partial charge in [-0.3, -0.25) is 10.1 Å². The molecule has 3 rings (SSSR count). The van der Waals surface area contributed by atoms with Gasteiger partial charge in [-0.25, -0.2) is 0 Å². The van der Waals surface area contributed by atoms with Crippen LogP contribution in [0.1, 0.15) is 0 Å². The van der Waals surface area contributed by atoms with Crippen molar-refractivity contribution in [3.8, 4) is 5.75 Å². The van der Waals surface area contributed by atoms with Gasteiger partial charge in [0, 0.05) is 12.1 Å². The number of non-ortho nitro benzene ring substituents is 1. The highest BCUT2D eigenvalue weighted by Crippen LogP contribution is 2.27. The van der Waals surface area contributed by atoms with E-state index >= 15 is 0 Å². The summed E-state index contributed by atoms with van der Waals surface area (Å²) in [4.78, 5) is 10.1. The summed E-state index contributed by atoms with van der Waals surface area (Å²) in [5.41, 5.74) is -0.191. The SMILES string of the molecule is O=[N+]([O-])c1ccc(O[C@@H]2O[C@H](CO[C@@H]3O[C@H](CO)[C@@H](O)[C@H](O)[C@H]3O)[C@@H](O)[C@H](O)[C@H]2O)cc1. The fourth-order valence-electron chi connectivity index (χ4n) is 3.33. The molecule has 0 radical (unpaired) electrons. The van der Waals surface area contributed by atoms with Crippen LogP contribution in [0.25, 0.3) is 0 Å². The van der Waals surface area contributed by atoms with Gasteiger partial charge < -0.3 is 54.7 Å². The van der Waals surface area contributed by atoms with Gasteiger partial charge in [-0.2, -0.15) is 0 Å². The molecule has 0 unspecified atom stereocenters. The van der Waals surface area contributed by atoms with E-state index in [4.69, 9.17) is 18.9 Å². The van der Waals surface area contributed by atoms with Crippen LogP contribution >= 0.6 is 0 Å². The number of hydrogen-bond donors (Lipinski definition) is 7. The smallest absolute Gasteiger partial charge is 0.269 e. The van der Waals surface area contributed by atoms with Crippen LogP contribution < -0.4 is 4.74 Å². The Bertz CT molecular complexity index is 762. The molecule has 0 spiro atoms. The zero-order valence-electron chi connectivity index (χ0n) is 16.5. The van der Waals surface area contributed by atoms with E-state index in [0.29, 0.717) is 0 Å². The Morgan fingerprint density at radius 1 is 0.812 bits per heavy atom. The van der Waals surface area contributed by atoms with E-state index in [2.05, 4.69) is 0 Å². The topological polar surface area (TPSA) is 222 Å². The van der Waals surface area contributed by atoms with Gasteiger partial charge in [0.1, 0.15) is 54.6 Å². The van der Waals surface area contributed by atoms with Gasteiger partial charge in [-0.15, -0.1) is 0 Å². The molecule has 2 saturated heterocycles. The lowest BCUT2D eigenvalue weighted by Crippen LogP contribution is -2.62. The first kappa shape index (κ1) is 24.7. The maximum atomic E-state index is 10.7. The third-order valence-corrected chi connectivity index (χ3v) is 5.24. The second-order valence-corrected chi connectivity index (χ2v) is 7.41. The molecule has 2 fully saturated rings. The minimum Gasteiger partial charge on any atom is -0.462 e. The Balaban J connectivity index is 1.64. The Kier molecular flexibility index (Phi) is 7.94. The van der Waals surface area contributed by atoms with E-state index in [1.54, 1.807) is 0 Å². The molecule has 0 bridgehead atoms. The largest absolute Gasteiger partial charge is 0.462 e. The second-order valence-electron chi connectivity index (χ2n) is 7.41. The molecule has 32 heavy (non-hydrogen) atoms. The van der Waals surface area contributed by atoms with Gasteiger partial charge >= 0.3 is 0 Å². The summed E-state index contributed by atoms with van der Waals surface area (Å²) < 4.78 is 21.4.